The molecule has 0 amide bonds. The van der Waals surface area contributed by atoms with Crippen LogP contribution >= 0.6 is 0 Å². The van der Waals surface area contributed by atoms with Gasteiger partial charge in [0, 0.05) is 6.20 Å². The molecule has 2 rings (SSSR count). The first-order valence-electron chi connectivity index (χ1n) is 4.90. The number of hydrogen-bond acceptors (Lipinski definition) is 3. The van der Waals surface area contributed by atoms with Gasteiger partial charge in [-0.1, -0.05) is 0 Å². The largest absolute Gasteiger partial charge is 0.258 e. The molecule has 0 saturated heterocycles. The Kier molecular flexibility index (Phi) is 1.99. The van der Waals surface area contributed by atoms with E-state index in [9.17, 15) is 5.26 Å². The molecule has 72 valence electrons. The van der Waals surface area contributed by atoms with E-state index in [1.807, 2.05) is 13.8 Å². The average Bonchev–Trinajstić information content (AvgIpc) is 2.10. The van der Waals surface area contributed by atoms with Crippen LogP contribution in [0.4, 0.5) is 0 Å². The molecule has 1 saturated carbocycles. The Balaban J connectivity index is 2.50. The molecule has 0 aliphatic heterocycles. The van der Waals surface area contributed by atoms with Gasteiger partial charge in [-0.3, -0.25) is 9.97 Å². The van der Waals surface area contributed by atoms with Crippen molar-refractivity contribution in [2.75, 3.05) is 0 Å². The molecule has 1 aromatic heterocycles. The second-order valence-corrected chi connectivity index (χ2v) is 3.99. The predicted octanol–water partition coefficient (Wildman–Crippen LogP) is 2.04. The van der Waals surface area contributed by atoms with Gasteiger partial charge < -0.3 is 0 Å². The Morgan fingerprint density at radius 2 is 2.14 bits per heavy atom. The van der Waals surface area contributed by atoms with Crippen molar-refractivity contribution in [3.05, 3.63) is 23.3 Å². The van der Waals surface area contributed by atoms with Crippen molar-refractivity contribution in [2.24, 2.45) is 0 Å². The molecule has 1 heterocycles. The summed E-state index contributed by atoms with van der Waals surface area (Å²) in [5, 5.41) is 9.19. The summed E-state index contributed by atoms with van der Waals surface area (Å²) in [4.78, 5) is 8.71. The molecule has 14 heavy (non-hydrogen) atoms. The van der Waals surface area contributed by atoms with E-state index in [4.69, 9.17) is 0 Å². The predicted molar refractivity (Wildman–Crippen MR) is 52.6 cm³/mol. The molecule has 0 bridgehead atoms. The Morgan fingerprint density at radius 3 is 2.64 bits per heavy atom. The maximum absolute atomic E-state index is 9.19. The van der Waals surface area contributed by atoms with Crippen LogP contribution in [0.5, 0.6) is 0 Å². The van der Waals surface area contributed by atoms with E-state index in [0.29, 0.717) is 0 Å². The summed E-state index contributed by atoms with van der Waals surface area (Å²) in [7, 11) is 0. The van der Waals surface area contributed by atoms with E-state index in [2.05, 4.69) is 16.0 Å². The lowest BCUT2D eigenvalue weighted by molar-refractivity contribution is 0.313. The molecule has 0 unspecified atom stereocenters. The lowest BCUT2D eigenvalue weighted by atomic mass is 9.67. The van der Waals surface area contributed by atoms with Gasteiger partial charge >= 0.3 is 0 Å². The van der Waals surface area contributed by atoms with E-state index in [1.54, 1.807) is 6.20 Å². The molecule has 0 atom stereocenters. The van der Waals surface area contributed by atoms with Crippen LogP contribution in [0.1, 0.15) is 36.3 Å². The van der Waals surface area contributed by atoms with Crippen molar-refractivity contribution < 1.29 is 0 Å². The number of aromatic nitrogens is 2. The van der Waals surface area contributed by atoms with Crippen LogP contribution in [0.15, 0.2) is 6.20 Å². The molecule has 1 aliphatic carbocycles. The van der Waals surface area contributed by atoms with Crippen LogP contribution in [0.3, 0.4) is 0 Å². The maximum atomic E-state index is 9.19. The zero-order chi connectivity index (χ0) is 10.2. The van der Waals surface area contributed by atoms with Gasteiger partial charge in [0.05, 0.1) is 23.2 Å². The molecule has 1 aromatic rings. The molecule has 0 spiro atoms. The minimum atomic E-state index is -0.330. The standard InChI is InChI=1S/C11H13N3/c1-8-6-13-9(2)10(14-8)11(7-12)4-3-5-11/h6H,3-5H2,1-2H3. The number of nitriles is 1. The Hall–Kier alpha value is -1.43. The third-order valence-electron chi connectivity index (χ3n) is 2.95. The third kappa shape index (κ3) is 1.19. The summed E-state index contributed by atoms with van der Waals surface area (Å²) in [6, 6.07) is 2.40. The molecular formula is C11H13N3. The van der Waals surface area contributed by atoms with Gasteiger partial charge in [-0.15, -0.1) is 0 Å². The Morgan fingerprint density at radius 1 is 1.43 bits per heavy atom. The van der Waals surface area contributed by atoms with E-state index < -0.39 is 0 Å². The summed E-state index contributed by atoms with van der Waals surface area (Å²) in [6.45, 7) is 3.85. The van der Waals surface area contributed by atoms with Gasteiger partial charge in [0.2, 0.25) is 0 Å². The van der Waals surface area contributed by atoms with Crippen molar-refractivity contribution in [1.82, 2.24) is 9.97 Å². The summed E-state index contributed by atoms with van der Waals surface area (Å²) in [5.41, 5.74) is 2.36. The highest BCUT2D eigenvalue weighted by atomic mass is 14.8. The Labute approximate surface area is 83.8 Å². The van der Waals surface area contributed by atoms with Crippen LogP contribution in [-0.4, -0.2) is 9.97 Å². The van der Waals surface area contributed by atoms with Crippen LogP contribution < -0.4 is 0 Å². The lowest BCUT2D eigenvalue weighted by Gasteiger charge is -2.35. The van der Waals surface area contributed by atoms with E-state index >= 15 is 0 Å². The van der Waals surface area contributed by atoms with Crippen LogP contribution in [0.25, 0.3) is 0 Å². The highest BCUT2D eigenvalue weighted by Gasteiger charge is 2.41. The highest BCUT2D eigenvalue weighted by Crippen LogP contribution is 2.42. The fourth-order valence-electron chi connectivity index (χ4n) is 1.92. The molecular weight excluding hydrogens is 174 g/mol. The van der Waals surface area contributed by atoms with E-state index in [0.717, 1.165) is 36.3 Å². The third-order valence-corrected chi connectivity index (χ3v) is 2.95. The summed E-state index contributed by atoms with van der Waals surface area (Å²) < 4.78 is 0. The number of hydrogen-bond donors (Lipinski definition) is 0. The maximum Gasteiger partial charge on any atom is 0.101 e. The van der Waals surface area contributed by atoms with Crippen LogP contribution in [0, 0.1) is 25.2 Å². The Bertz CT molecular complexity index is 399. The second kappa shape index (κ2) is 3.06. The van der Waals surface area contributed by atoms with Gasteiger partial charge in [-0.05, 0) is 33.1 Å². The first kappa shape index (κ1) is 9.14. The number of rotatable bonds is 1. The SMILES string of the molecule is Cc1cnc(C)c(C2(C#N)CCC2)n1. The summed E-state index contributed by atoms with van der Waals surface area (Å²) in [6.07, 6.45) is 4.75. The van der Waals surface area contributed by atoms with Crippen molar-refractivity contribution in [2.45, 2.75) is 38.5 Å². The molecule has 1 aliphatic rings. The topological polar surface area (TPSA) is 49.6 Å². The monoisotopic (exact) mass is 187 g/mol. The molecule has 0 aromatic carbocycles. The minimum Gasteiger partial charge on any atom is -0.258 e. The van der Waals surface area contributed by atoms with Gasteiger partial charge in [-0.25, -0.2) is 0 Å². The van der Waals surface area contributed by atoms with E-state index in [1.165, 1.54) is 0 Å². The van der Waals surface area contributed by atoms with Crippen LogP contribution in [0.2, 0.25) is 0 Å². The zero-order valence-electron chi connectivity index (χ0n) is 8.54. The van der Waals surface area contributed by atoms with Crippen molar-refractivity contribution in [3.8, 4) is 6.07 Å². The number of aryl methyl sites for hydroxylation is 2. The average molecular weight is 187 g/mol. The summed E-state index contributed by atoms with van der Waals surface area (Å²) in [5.74, 6) is 0. The quantitative estimate of drug-likeness (QED) is 0.676. The second-order valence-electron chi connectivity index (χ2n) is 3.99. The van der Waals surface area contributed by atoms with Crippen molar-refractivity contribution in [3.63, 3.8) is 0 Å². The molecule has 0 radical (unpaired) electrons. The number of nitrogens with zero attached hydrogens (tertiary/aromatic N) is 3. The normalized spacial score (nSPS) is 18.4. The smallest absolute Gasteiger partial charge is 0.101 e. The van der Waals surface area contributed by atoms with Gasteiger partial charge in [0.25, 0.3) is 0 Å². The van der Waals surface area contributed by atoms with Crippen LogP contribution in [-0.2, 0) is 5.41 Å². The van der Waals surface area contributed by atoms with Crippen molar-refractivity contribution in [1.29, 1.82) is 5.26 Å². The lowest BCUT2D eigenvalue weighted by Crippen LogP contribution is -2.34. The molecule has 3 nitrogen and oxygen atoms in total. The first-order valence-corrected chi connectivity index (χ1v) is 4.90. The fourth-order valence-corrected chi connectivity index (χ4v) is 1.92. The van der Waals surface area contributed by atoms with Gasteiger partial charge in [0.15, 0.2) is 0 Å². The van der Waals surface area contributed by atoms with Crippen molar-refractivity contribution >= 4 is 0 Å². The molecule has 1 fully saturated rings. The van der Waals surface area contributed by atoms with Gasteiger partial charge in [-0.2, -0.15) is 5.26 Å². The van der Waals surface area contributed by atoms with Gasteiger partial charge in [0.1, 0.15) is 5.41 Å². The molecule has 0 N–H and O–H groups in total. The fraction of sp³-hybridized carbons (Fsp3) is 0.545. The molecule has 3 heteroatoms. The minimum absolute atomic E-state index is 0.330. The zero-order valence-corrected chi connectivity index (χ0v) is 8.54. The highest BCUT2D eigenvalue weighted by molar-refractivity contribution is 5.33. The summed E-state index contributed by atoms with van der Waals surface area (Å²) >= 11 is 0. The first-order chi connectivity index (χ1) is 6.68. The van der Waals surface area contributed by atoms with E-state index in [-0.39, 0.29) is 5.41 Å².